The first-order valence-corrected chi connectivity index (χ1v) is 9.46. The van der Waals surface area contributed by atoms with Crippen LogP contribution in [0, 0.1) is 6.92 Å². The zero-order valence-corrected chi connectivity index (χ0v) is 15.3. The van der Waals surface area contributed by atoms with Crippen LogP contribution in [-0.4, -0.2) is 14.3 Å². The minimum absolute atomic E-state index is 0.00251. The number of halogens is 3. The average molecular weight is 409 g/mol. The summed E-state index contributed by atoms with van der Waals surface area (Å²) in [6, 6.07) is 12.4. The van der Waals surface area contributed by atoms with Gasteiger partial charge in [0.15, 0.2) is 5.76 Å². The fourth-order valence-electron chi connectivity index (χ4n) is 2.39. The molecule has 0 saturated heterocycles. The van der Waals surface area contributed by atoms with Gasteiger partial charge in [-0.05, 0) is 49.4 Å². The van der Waals surface area contributed by atoms with Gasteiger partial charge in [0.25, 0.3) is 5.91 Å². The van der Waals surface area contributed by atoms with Crippen molar-refractivity contribution < 1.29 is 30.8 Å². The topological polar surface area (TPSA) is 76.4 Å². The van der Waals surface area contributed by atoms with Crippen molar-refractivity contribution in [3.63, 3.8) is 0 Å². The molecule has 0 atom stereocenters. The lowest BCUT2D eigenvalue weighted by Gasteiger charge is -2.09. The number of alkyl halides is 3. The number of anilines is 1. The largest absolute Gasteiger partial charge is 0.439 e. The van der Waals surface area contributed by atoms with Crippen molar-refractivity contribution in [1.29, 1.82) is 0 Å². The van der Waals surface area contributed by atoms with Gasteiger partial charge in [-0.3, -0.25) is 4.79 Å². The van der Waals surface area contributed by atoms with E-state index < -0.39 is 32.6 Å². The predicted molar refractivity (Wildman–Crippen MR) is 94.7 cm³/mol. The molecular weight excluding hydrogens is 395 g/mol. The van der Waals surface area contributed by atoms with Crippen LogP contribution in [0.4, 0.5) is 18.9 Å². The summed E-state index contributed by atoms with van der Waals surface area (Å²) in [4.78, 5) is 12.2. The molecule has 3 aromatic rings. The van der Waals surface area contributed by atoms with Crippen LogP contribution in [0.3, 0.4) is 0 Å². The molecule has 0 bridgehead atoms. The van der Waals surface area contributed by atoms with Crippen LogP contribution in [0.15, 0.2) is 75.1 Å². The molecule has 1 aromatic heterocycles. The lowest BCUT2D eigenvalue weighted by Crippen LogP contribution is -2.12. The molecule has 146 valence electrons. The number of hydrogen-bond donors (Lipinski definition) is 1. The number of amides is 1. The van der Waals surface area contributed by atoms with Crippen molar-refractivity contribution in [1.82, 2.24) is 0 Å². The van der Waals surface area contributed by atoms with Crippen LogP contribution in [0.25, 0.3) is 0 Å². The van der Waals surface area contributed by atoms with Crippen molar-refractivity contribution in [3.8, 4) is 0 Å². The lowest BCUT2D eigenvalue weighted by molar-refractivity contribution is -0.137. The second-order valence-corrected chi connectivity index (χ2v) is 7.85. The van der Waals surface area contributed by atoms with Gasteiger partial charge in [-0.2, -0.15) is 13.2 Å². The molecule has 0 saturated carbocycles. The Morgan fingerprint density at radius 1 is 1.00 bits per heavy atom. The third-order valence-electron chi connectivity index (χ3n) is 3.85. The number of aryl methyl sites for hydroxylation is 1. The summed E-state index contributed by atoms with van der Waals surface area (Å²) in [5, 5.41) is 1.82. The normalized spacial score (nSPS) is 12.0. The molecule has 0 aliphatic heterocycles. The van der Waals surface area contributed by atoms with Gasteiger partial charge in [0, 0.05) is 5.69 Å². The van der Waals surface area contributed by atoms with Gasteiger partial charge in [-0.15, -0.1) is 0 Å². The van der Waals surface area contributed by atoms with Gasteiger partial charge < -0.3 is 9.73 Å². The quantitative estimate of drug-likeness (QED) is 0.678. The molecule has 2 aromatic carbocycles. The van der Waals surface area contributed by atoms with Gasteiger partial charge in [0.05, 0.1) is 10.5 Å². The Balaban J connectivity index is 1.82. The van der Waals surface area contributed by atoms with Crippen LogP contribution < -0.4 is 5.32 Å². The summed E-state index contributed by atoms with van der Waals surface area (Å²) in [6.07, 6.45) is -4.55. The maximum atomic E-state index is 12.8. The lowest BCUT2D eigenvalue weighted by atomic mass is 10.2. The van der Waals surface area contributed by atoms with Gasteiger partial charge in [0.2, 0.25) is 14.9 Å². The number of hydrogen-bond acceptors (Lipinski definition) is 4. The first-order valence-electron chi connectivity index (χ1n) is 7.97. The Morgan fingerprint density at radius 2 is 1.68 bits per heavy atom. The van der Waals surface area contributed by atoms with Crippen LogP contribution >= 0.6 is 0 Å². The first-order chi connectivity index (χ1) is 13.1. The molecule has 0 aliphatic carbocycles. The van der Waals surface area contributed by atoms with E-state index in [-0.39, 0.29) is 16.3 Å². The molecule has 28 heavy (non-hydrogen) atoms. The highest BCUT2D eigenvalue weighted by Gasteiger charge is 2.30. The minimum atomic E-state index is -4.55. The summed E-state index contributed by atoms with van der Waals surface area (Å²) >= 11 is 0. The van der Waals surface area contributed by atoms with Gasteiger partial charge in [-0.1, -0.05) is 23.8 Å². The highest BCUT2D eigenvalue weighted by molar-refractivity contribution is 7.91. The molecule has 9 heteroatoms. The van der Waals surface area contributed by atoms with Gasteiger partial charge in [0.1, 0.15) is 0 Å². The maximum Gasteiger partial charge on any atom is 0.416 e. The molecule has 0 aliphatic rings. The highest BCUT2D eigenvalue weighted by atomic mass is 32.2. The van der Waals surface area contributed by atoms with Crippen LogP contribution in [-0.2, 0) is 16.0 Å². The summed E-state index contributed by atoms with van der Waals surface area (Å²) in [7, 11) is -3.96. The Kier molecular flexibility index (Phi) is 5.03. The summed E-state index contributed by atoms with van der Waals surface area (Å²) < 4.78 is 68.5. The number of carbonyl (C=O) groups excluding carboxylic acids is 1. The number of carbonyl (C=O) groups is 1. The van der Waals surface area contributed by atoms with Crippen molar-refractivity contribution in [3.05, 3.63) is 77.6 Å². The maximum absolute atomic E-state index is 12.8. The SMILES string of the molecule is Cc1ccc(S(=O)(=O)c2ccc(C(=O)Nc3cccc(C(F)(F)F)c3)o2)cc1. The molecular formula is C19H14F3NO4S. The Hall–Kier alpha value is -3.07. The van der Waals surface area contributed by atoms with E-state index >= 15 is 0 Å². The van der Waals surface area contributed by atoms with E-state index in [0.29, 0.717) is 0 Å². The second kappa shape index (κ2) is 7.16. The number of benzene rings is 2. The Bertz CT molecular complexity index is 1120. The van der Waals surface area contributed by atoms with Crippen LogP contribution in [0.5, 0.6) is 0 Å². The second-order valence-electron chi connectivity index (χ2n) is 5.97. The fourth-order valence-corrected chi connectivity index (χ4v) is 3.56. The molecule has 0 radical (unpaired) electrons. The molecule has 3 rings (SSSR count). The Labute approximate surface area is 158 Å². The number of furan rings is 1. The molecule has 0 unspecified atom stereocenters. The van der Waals surface area contributed by atoms with Crippen LogP contribution in [0.2, 0.25) is 0 Å². The average Bonchev–Trinajstić information content (AvgIpc) is 3.13. The molecule has 1 amide bonds. The highest BCUT2D eigenvalue weighted by Crippen LogP contribution is 2.31. The zero-order chi connectivity index (χ0) is 20.5. The van der Waals surface area contributed by atoms with E-state index in [1.807, 2.05) is 0 Å². The van der Waals surface area contributed by atoms with E-state index in [0.717, 1.165) is 35.9 Å². The van der Waals surface area contributed by atoms with Crippen molar-refractivity contribution in [2.75, 3.05) is 5.32 Å². The Morgan fingerprint density at radius 3 is 2.32 bits per heavy atom. The molecule has 5 nitrogen and oxygen atoms in total. The summed E-state index contributed by atoms with van der Waals surface area (Å²) in [5.74, 6) is -1.22. The van der Waals surface area contributed by atoms with Crippen molar-refractivity contribution >= 4 is 21.4 Å². The molecule has 1 heterocycles. The molecule has 0 fully saturated rings. The van der Waals surface area contributed by atoms with E-state index in [2.05, 4.69) is 5.32 Å². The van der Waals surface area contributed by atoms with Gasteiger partial charge in [-0.25, -0.2) is 8.42 Å². The molecule has 1 N–H and O–H groups in total. The number of nitrogens with one attached hydrogen (secondary N) is 1. The number of sulfone groups is 1. The third kappa shape index (κ3) is 4.09. The summed E-state index contributed by atoms with van der Waals surface area (Å²) in [5.41, 5.74) is -0.147. The first kappa shape index (κ1) is 19.7. The van der Waals surface area contributed by atoms with Crippen molar-refractivity contribution in [2.24, 2.45) is 0 Å². The van der Waals surface area contributed by atoms with Crippen molar-refractivity contribution in [2.45, 2.75) is 23.1 Å². The standard InChI is InChI=1S/C19H14F3NO4S/c1-12-5-7-15(8-6-12)28(25,26)17-10-9-16(27-17)18(24)23-14-4-2-3-13(11-14)19(20,21)22/h2-11H,1H3,(H,23,24). The van der Waals surface area contributed by atoms with E-state index in [1.165, 1.54) is 18.2 Å². The smallest absolute Gasteiger partial charge is 0.416 e. The summed E-state index contributed by atoms with van der Waals surface area (Å²) in [6.45, 7) is 1.81. The van der Waals surface area contributed by atoms with E-state index in [9.17, 15) is 26.4 Å². The minimum Gasteiger partial charge on any atom is -0.439 e. The number of rotatable bonds is 4. The monoisotopic (exact) mass is 409 g/mol. The van der Waals surface area contributed by atoms with Crippen LogP contribution in [0.1, 0.15) is 21.7 Å². The zero-order valence-electron chi connectivity index (χ0n) is 14.4. The molecule has 0 spiro atoms. The third-order valence-corrected chi connectivity index (χ3v) is 5.49. The van der Waals surface area contributed by atoms with E-state index in [4.69, 9.17) is 4.42 Å². The predicted octanol–water partition coefficient (Wildman–Crippen LogP) is 4.69. The van der Waals surface area contributed by atoms with E-state index in [1.54, 1.807) is 19.1 Å². The van der Waals surface area contributed by atoms with Gasteiger partial charge >= 0.3 is 6.18 Å². The fraction of sp³-hybridized carbons (Fsp3) is 0.105.